The van der Waals surface area contributed by atoms with E-state index in [4.69, 9.17) is 11.6 Å². The molecular weight excluding hydrogens is 311 g/mol. The first-order valence-corrected chi connectivity index (χ1v) is 6.38. The molecule has 1 aromatic carbocycles. The van der Waals surface area contributed by atoms with Crippen molar-refractivity contribution >= 4 is 17.6 Å². The normalized spacial score (nSPS) is 24.1. The molecule has 9 heteroatoms. The molecule has 0 spiro atoms. The van der Waals surface area contributed by atoms with Crippen molar-refractivity contribution < 1.29 is 23.1 Å². The Labute approximate surface area is 123 Å². The van der Waals surface area contributed by atoms with Gasteiger partial charge in [0.2, 0.25) is 0 Å². The smallest absolute Gasteiger partial charge is 0.382 e. The maximum absolute atomic E-state index is 12.5. The number of benzene rings is 1. The molecule has 2 atom stereocenters. The number of halogens is 4. The Morgan fingerprint density at radius 1 is 1.38 bits per heavy atom. The molecule has 2 amide bonds. The van der Waals surface area contributed by atoms with Gasteiger partial charge < -0.3 is 5.11 Å². The lowest BCUT2D eigenvalue weighted by molar-refractivity contribution is -0.208. The van der Waals surface area contributed by atoms with E-state index < -0.39 is 30.5 Å². The first kappa shape index (κ1) is 15.9. The van der Waals surface area contributed by atoms with Crippen LogP contribution in [0.1, 0.15) is 12.5 Å². The van der Waals surface area contributed by atoms with E-state index in [1.54, 1.807) is 24.3 Å². The first-order chi connectivity index (χ1) is 9.64. The molecule has 1 saturated heterocycles. The van der Waals surface area contributed by atoms with Gasteiger partial charge in [0.05, 0.1) is 6.54 Å². The summed E-state index contributed by atoms with van der Waals surface area (Å²) in [5.41, 5.74) is 4.19. The van der Waals surface area contributed by atoms with E-state index in [0.29, 0.717) is 10.6 Å². The molecular formula is C12H13ClF3N3O2. The zero-order valence-electron chi connectivity index (χ0n) is 10.9. The highest BCUT2D eigenvalue weighted by Crippen LogP contribution is 2.31. The predicted octanol–water partition coefficient (Wildman–Crippen LogP) is 1.97. The number of rotatable bonds is 3. The van der Waals surface area contributed by atoms with E-state index in [9.17, 15) is 23.1 Å². The number of hydrazine groups is 1. The zero-order chi connectivity index (χ0) is 15.8. The van der Waals surface area contributed by atoms with Gasteiger partial charge in [0.15, 0.2) is 6.10 Å². The molecule has 1 aromatic rings. The van der Waals surface area contributed by atoms with Crippen LogP contribution in [0.2, 0.25) is 5.02 Å². The van der Waals surface area contributed by atoms with Crippen molar-refractivity contribution in [2.45, 2.75) is 24.9 Å². The van der Waals surface area contributed by atoms with Crippen molar-refractivity contribution in [2.24, 2.45) is 0 Å². The van der Waals surface area contributed by atoms with Crippen molar-refractivity contribution in [2.75, 3.05) is 6.54 Å². The molecule has 1 unspecified atom stereocenters. The summed E-state index contributed by atoms with van der Waals surface area (Å²) >= 11 is 5.77. The number of aliphatic hydroxyl groups is 1. The Morgan fingerprint density at radius 3 is 2.48 bits per heavy atom. The van der Waals surface area contributed by atoms with Gasteiger partial charge in [-0.2, -0.15) is 13.2 Å². The summed E-state index contributed by atoms with van der Waals surface area (Å²) < 4.78 is 37.5. The third kappa shape index (κ3) is 3.07. The van der Waals surface area contributed by atoms with Crippen LogP contribution in [0.15, 0.2) is 24.3 Å². The SMILES string of the molecule is CC1(c2ccc(Cl)cc2)NNC(=O)N1C[C@H](O)C(F)(F)F. The first-order valence-electron chi connectivity index (χ1n) is 6.00. The third-order valence-electron chi connectivity index (χ3n) is 3.34. The van der Waals surface area contributed by atoms with Gasteiger partial charge in [-0.15, -0.1) is 0 Å². The van der Waals surface area contributed by atoms with Crippen LogP contribution in [-0.4, -0.2) is 34.9 Å². The molecule has 116 valence electrons. The summed E-state index contributed by atoms with van der Waals surface area (Å²) in [6, 6.07) is 5.54. The molecule has 5 nitrogen and oxygen atoms in total. The Hall–Kier alpha value is -1.51. The summed E-state index contributed by atoms with van der Waals surface area (Å²) in [7, 11) is 0. The molecule has 0 saturated carbocycles. The molecule has 0 aromatic heterocycles. The molecule has 3 N–H and O–H groups in total. The van der Waals surface area contributed by atoms with Crippen molar-refractivity contribution in [3.05, 3.63) is 34.9 Å². The summed E-state index contributed by atoms with van der Waals surface area (Å²) in [4.78, 5) is 12.6. The van der Waals surface area contributed by atoms with Gasteiger partial charge in [-0.1, -0.05) is 23.7 Å². The molecule has 1 aliphatic rings. The molecule has 21 heavy (non-hydrogen) atoms. The van der Waals surface area contributed by atoms with E-state index >= 15 is 0 Å². The Morgan fingerprint density at radius 2 is 1.95 bits per heavy atom. The van der Waals surface area contributed by atoms with Crippen molar-refractivity contribution in [1.29, 1.82) is 0 Å². The van der Waals surface area contributed by atoms with Gasteiger partial charge >= 0.3 is 12.2 Å². The number of nitrogens with zero attached hydrogens (tertiary/aromatic N) is 1. The van der Waals surface area contributed by atoms with Crippen molar-refractivity contribution in [3.63, 3.8) is 0 Å². The summed E-state index contributed by atoms with van der Waals surface area (Å²) in [5.74, 6) is 0. The summed E-state index contributed by atoms with van der Waals surface area (Å²) in [5, 5.41) is 9.65. The zero-order valence-corrected chi connectivity index (χ0v) is 11.7. The van der Waals surface area contributed by atoms with E-state index in [1.807, 2.05) is 0 Å². The quantitative estimate of drug-likeness (QED) is 0.797. The molecule has 1 heterocycles. The van der Waals surface area contributed by atoms with Crippen LogP contribution in [0.25, 0.3) is 0 Å². The van der Waals surface area contributed by atoms with Gasteiger partial charge in [0.25, 0.3) is 0 Å². The average Bonchev–Trinajstić information content (AvgIpc) is 2.68. The summed E-state index contributed by atoms with van der Waals surface area (Å²) in [6.07, 6.45) is -7.43. The second kappa shape index (κ2) is 5.36. The van der Waals surface area contributed by atoms with Crippen LogP contribution in [0.5, 0.6) is 0 Å². The molecule has 0 bridgehead atoms. The molecule has 0 aliphatic carbocycles. The number of urea groups is 1. The lowest BCUT2D eigenvalue weighted by Gasteiger charge is -2.35. The van der Waals surface area contributed by atoms with Crippen LogP contribution in [-0.2, 0) is 5.66 Å². The second-order valence-electron chi connectivity index (χ2n) is 4.80. The van der Waals surface area contributed by atoms with Crippen LogP contribution in [0, 0.1) is 0 Å². The third-order valence-corrected chi connectivity index (χ3v) is 3.59. The van der Waals surface area contributed by atoms with Gasteiger partial charge in [-0.25, -0.2) is 10.2 Å². The lowest BCUT2D eigenvalue weighted by Crippen LogP contribution is -2.52. The maximum Gasteiger partial charge on any atom is 0.416 e. The fraction of sp³-hybridized carbons (Fsp3) is 0.417. The van der Waals surface area contributed by atoms with Gasteiger partial charge in [-0.05, 0) is 24.6 Å². The predicted molar refractivity (Wildman–Crippen MR) is 69.2 cm³/mol. The van der Waals surface area contributed by atoms with Gasteiger partial charge in [0, 0.05) is 5.02 Å². The van der Waals surface area contributed by atoms with Crippen LogP contribution >= 0.6 is 11.6 Å². The number of aliphatic hydroxyl groups excluding tert-OH is 1. The van der Waals surface area contributed by atoms with Crippen LogP contribution in [0.3, 0.4) is 0 Å². The number of hydrogen-bond acceptors (Lipinski definition) is 3. The number of carbonyl (C=O) groups excluding carboxylic acids is 1. The monoisotopic (exact) mass is 323 g/mol. The average molecular weight is 324 g/mol. The standard InChI is InChI=1S/C12H13ClF3N3O2/c1-11(7-2-4-8(13)5-3-7)18-17-10(21)19(11)6-9(20)12(14,15)16/h2-5,9,18,20H,6H2,1H3,(H,17,21)/t9-,11?/m0/s1. The maximum atomic E-state index is 12.5. The molecule has 1 fully saturated rings. The number of β-amino-alcohol motifs (C(OH)–C–C–N with tert-alkyl or cyclic N) is 1. The number of amides is 2. The fourth-order valence-electron chi connectivity index (χ4n) is 2.06. The van der Waals surface area contributed by atoms with E-state index in [2.05, 4.69) is 10.9 Å². The lowest BCUT2D eigenvalue weighted by atomic mass is 10.0. The minimum absolute atomic E-state index is 0.460. The number of nitrogens with one attached hydrogen (secondary N) is 2. The van der Waals surface area contributed by atoms with E-state index in [0.717, 1.165) is 4.90 Å². The Kier molecular flexibility index (Phi) is 4.05. The van der Waals surface area contributed by atoms with E-state index in [-0.39, 0.29) is 0 Å². The fourth-order valence-corrected chi connectivity index (χ4v) is 2.18. The van der Waals surface area contributed by atoms with Gasteiger partial charge in [-0.3, -0.25) is 10.3 Å². The second-order valence-corrected chi connectivity index (χ2v) is 5.24. The topological polar surface area (TPSA) is 64.6 Å². The highest BCUT2D eigenvalue weighted by atomic mass is 35.5. The minimum atomic E-state index is -4.80. The molecule has 1 aliphatic heterocycles. The molecule has 2 rings (SSSR count). The minimum Gasteiger partial charge on any atom is -0.382 e. The Balaban J connectivity index is 2.29. The highest BCUT2D eigenvalue weighted by Gasteiger charge is 2.48. The number of hydrogen-bond donors (Lipinski definition) is 3. The van der Waals surface area contributed by atoms with Crippen LogP contribution in [0.4, 0.5) is 18.0 Å². The highest BCUT2D eigenvalue weighted by molar-refractivity contribution is 6.30. The van der Waals surface area contributed by atoms with Crippen molar-refractivity contribution in [3.8, 4) is 0 Å². The number of alkyl halides is 3. The number of carbonyl (C=O) groups is 1. The largest absolute Gasteiger partial charge is 0.416 e. The van der Waals surface area contributed by atoms with E-state index in [1.165, 1.54) is 6.92 Å². The molecule has 0 radical (unpaired) electrons. The van der Waals surface area contributed by atoms with Crippen molar-refractivity contribution in [1.82, 2.24) is 15.8 Å². The van der Waals surface area contributed by atoms with Gasteiger partial charge in [0.1, 0.15) is 5.66 Å². The Bertz CT molecular complexity index is 538. The van der Waals surface area contributed by atoms with Crippen LogP contribution < -0.4 is 10.9 Å². The summed E-state index contributed by atoms with van der Waals surface area (Å²) in [6.45, 7) is 0.638.